The van der Waals surface area contributed by atoms with Crippen LogP contribution in [0.2, 0.25) is 0 Å². The molecule has 1 N–H and O–H groups in total. The summed E-state index contributed by atoms with van der Waals surface area (Å²) in [6.07, 6.45) is -0.649. The predicted molar refractivity (Wildman–Crippen MR) is 85.8 cm³/mol. The maximum atomic E-state index is 12.3. The van der Waals surface area contributed by atoms with Crippen LogP contribution in [-0.4, -0.2) is 25.2 Å². The molecule has 3 rings (SSSR count). The molecule has 120 valence electrons. The summed E-state index contributed by atoms with van der Waals surface area (Å²) in [5, 5.41) is 2.87. The van der Waals surface area contributed by atoms with Crippen LogP contribution in [-0.2, 0) is 11.3 Å². The Morgan fingerprint density at radius 1 is 1.17 bits per heavy atom. The molecule has 0 spiro atoms. The van der Waals surface area contributed by atoms with E-state index in [4.69, 9.17) is 14.2 Å². The van der Waals surface area contributed by atoms with Crippen molar-refractivity contribution in [3.05, 3.63) is 54.1 Å². The van der Waals surface area contributed by atoms with Gasteiger partial charge < -0.3 is 19.5 Å². The minimum Gasteiger partial charge on any atom is -0.494 e. The molecule has 0 radical (unpaired) electrons. The second-order valence-corrected chi connectivity index (χ2v) is 5.12. The van der Waals surface area contributed by atoms with Crippen LogP contribution in [0.5, 0.6) is 17.2 Å². The molecule has 1 amide bonds. The largest absolute Gasteiger partial charge is 0.494 e. The molecule has 23 heavy (non-hydrogen) atoms. The smallest absolute Gasteiger partial charge is 0.264 e. The Bertz CT molecular complexity index is 686. The van der Waals surface area contributed by atoms with E-state index in [0.29, 0.717) is 24.7 Å². The molecule has 1 aliphatic rings. The number of nitrogens with one attached hydrogen (secondary N) is 1. The summed E-state index contributed by atoms with van der Waals surface area (Å²) in [5.74, 6) is 1.83. The van der Waals surface area contributed by atoms with Gasteiger partial charge in [0.2, 0.25) is 6.10 Å². The first-order chi connectivity index (χ1) is 11.3. The highest BCUT2D eigenvalue weighted by Gasteiger charge is 2.27. The van der Waals surface area contributed by atoms with Crippen LogP contribution in [0.3, 0.4) is 0 Å². The molecule has 0 saturated carbocycles. The van der Waals surface area contributed by atoms with Crippen LogP contribution in [0, 0.1) is 0 Å². The molecule has 5 nitrogen and oxygen atoms in total. The third-order valence-electron chi connectivity index (χ3n) is 3.53. The summed E-state index contributed by atoms with van der Waals surface area (Å²) in [6.45, 7) is 3.10. The fraction of sp³-hybridized carbons (Fsp3) is 0.278. The number of ether oxygens (including phenoxy) is 3. The van der Waals surface area contributed by atoms with E-state index in [2.05, 4.69) is 5.32 Å². The second kappa shape index (κ2) is 7.05. The number of para-hydroxylation sites is 3. The van der Waals surface area contributed by atoms with Gasteiger partial charge in [0.05, 0.1) is 6.61 Å². The molecular formula is C18H19NO4. The van der Waals surface area contributed by atoms with E-state index in [1.165, 1.54) is 0 Å². The lowest BCUT2D eigenvalue weighted by atomic mass is 10.2. The summed E-state index contributed by atoms with van der Waals surface area (Å²) in [5.41, 5.74) is 0.930. The van der Waals surface area contributed by atoms with Gasteiger partial charge in [0.15, 0.2) is 11.5 Å². The number of hydrogen-bond acceptors (Lipinski definition) is 4. The van der Waals surface area contributed by atoms with Gasteiger partial charge in [-0.2, -0.15) is 0 Å². The highest BCUT2D eigenvalue weighted by molar-refractivity contribution is 5.81. The number of rotatable bonds is 5. The Kier molecular flexibility index (Phi) is 4.66. The summed E-state index contributed by atoms with van der Waals surface area (Å²) in [4.78, 5) is 12.3. The van der Waals surface area contributed by atoms with Crippen molar-refractivity contribution in [2.24, 2.45) is 0 Å². The monoisotopic (exact) mass is 313 g/mol. The van der Waals surface area contributed by atoms with Gasteiger partial charge in [-0.05, 0) is 25.1 Å². The first kappa shape index (κ1) is 15.2. The maximum Gasteiger partial charge on any atom is 0.264 e. The Morgan fingerprint density at radius 2 is 1.91 bits per heavy atom. The Hall–Kier alpha value is -2.69. The molecule has 0 bridgehead atoms. The zero-order valence-corrected chi connectivity index (χ0v) is 13.0. The lowest BCUT2D eigenvalue weighted by molar-refractivity contribution is -0.130. The molecule has 1 aliphatic heterocycles. The summed E-state index contributed by atoms with van der Waals surface area (Å²) in [7, 11) is 0. The SMILES string of the molecule is CCOc1ccccc1CNC(=O)[C@H]1COc2ccccc2O1. The molecule has 0 unspecified atom stereocenters. The highest BCUT2D eigenvalue weighted by Crippen LogP contribution is 2.30. The zero-order chi connectivity index (χ0) is 16.1. The molecule has 2 aromatic rings. The van der Waals surface area contributed by atoms with Crippen molar-refractivity contribution in [2.75, 3.05) is 13.2 Å². The van der Waals surface area contributed by atoms with E-state index in [-0.39, 0.29) is 12.5 Å². The van der Waals surface area contributed by atoms with E-state index in [1.807, 2.05) is 49.4 Å². The summed E-state index contributed by atoms with van der Waals surface area (Å²) in [6, 6.07) is 15.0. The first-order valence-electron chi connectivity index (χ1n) is 7.65. The number of benzene rings is 2. The van der Waals surface area contributed by atoms with E-state index in [1.54, 1.807) is 6.07 Å². The topological polar surface area (TPSA) is 56.8 Å². The van der Waals surface area contributed by atoms with Gasteiger partial charge in [-0.15, -0.1) is 0 Å². The van der Waals surface area contributed by atoms with Crippen molar-refractivity contribution in [3.8, 4) is 17.2 Å². The zero-order valence-electron chi connectivity index (χ0n) is 13.0. The fourth-order valence-electron chi connectivity index (χ4n) is 2.39. The Morgan fingerprint density at radius 3 is 2.74 bits per heavy atom. The van der Waals surface area contributed by atoms with Crippen molar-refractivity contribution in [3.63, 3.8) is 0 Å². The third-order valence-corrected chi connectivity index (χ3v) is 3.53. The van der Waals surface area contributed by atoms with Crippen LogP contribution >= 0.6 is 0 Å². The third kappa shape index (κ3) is 3.56. The number of carbonyl (C=O) groups is 1. The first-order valence-corrected chi connectivity index (χ1v) is 7.65. The van der Waals surface area contributed by atoms with Gasteiger partial charge >= 0.3 is 0 Å². The second-order valence-electron chi connectivity index (χ2n) is 5.12. The number of amides is 1. The van der Waals surface area contributed by atoms with Gasteiger partial charge in [0.1, 0.15) is 12.4 Å². The van der Waals surface area contributed by atoms with Crippen molar-refractivity contribution < 1.29 is 19.0 Å². The quantitative estimate of drug-likeness (QED) is 0.921. The molecule has 5 heteroatoms. The molecule has 0 fully saturated rings. The van der Waals surface area contributed by atoms with Gasteiger partial charge in [-0.25, -0.2) is 0 Å². The lowest BCUT2D eigenvalue weighted by Gasteiger charge is -2.25. The maximum absolute atomic E-state index is 12.3. The molecular weight excluding hydrogens is 294 g/mol. The minimum absolute atomic E-state index is 0.203. The van der Waals surface area contributed by atoms with Crippen LogP contribution in [0.1, 0.15) is 12.5 Å². The average Bonchev–Trinajstić information content (AvgIpc) is 2.60. The van der Waals surface area contributed by atoms with Crippen molar-refractivity contribution >= 4 is 5.91 Å². The van der Waals surface area contributed by atoms with Crippen LogP contribution in [0.15, 0.2) is 48.5 Å². The van der Waals surface area contributed by atoms with Gasteiger partial charge in [-0.3, -0.25) is 4.79 Å². The van der Waals surface area contributed by atoms with Crippen LogP contribution in [0.4, 0.5) is 0 Å². The molecule has 1 heterocycles. The minimum atomic E-state index is -0.649. The molecule has 2 aromatic carbocycles. The van der Waals surface area contributed by atoms with E-state index in [9.17, 15) is 4.79 Å². The van der Waals surface area contributed by atoms with E-state index < -0.39 is 6.10 Å². The van der Waals surface area contributed by atoms with Crippen molar-refractivity contribution in [1.82, 2.24) is 5.32 Å². The average molecular weight is 313 g/mol. The molecule has 0 aromatic heterocycles. The predicted octanol–water partition coefficient (Wildman–Crippen LogP) is 2.54. The normalized spacial score (nSPS) is 15.8. The lowest BCUT2D eigenvalue weighted by Crippen LogP contribution is -2.43. The summed E-state index contributed by atoms with van der Waals surface area (Å²) >= 11 is 0. The standard InChI is InChI=1S/C18H19NO4/c1-2-21-14-8-4-3-7-13(14)11-19-18(20)17-12-22-15-9-5-6-10-16(15)23-17/h3-10,17H,2,11-12H2,1H3,(H,19,20)/t17-/m1/s1. The van der Waals surface area contributed by atoms with Crippen molar-refractivity contribution in [2.45, 2.75) is 19.6 Å². The van der Waals surface area contributed by atoms with Gasteiger partial charge in [0.25, 0.3) is 5.91 Å². The van der Waals surface area contributed by atoms with E-state index in [0.717, 1.165) is 11.3 Å². The Labute approximate surface area is 135 Å². The number of fused-ring (bicyclic) bond motifs is 1. The fourth-order valence-corrected chi connectivity index (χ4v) is 2.39. The number of carbonyl (C=O) groups excluding carboxylic acids is 1. The highest BCUT2D eigenvalue weighted by atomic mass is 16.6. The van der Waals surface area contributed by atoms with Crippen LogP contribution in [0.25, 0.3) is 0 Å². The summed E-state index contributed by atoms with van der Waals surface area (Å²) < 4.78 is 16.8. The van der Waals surface area contributed by atoms with Crippen molar-refractivity contribution in [1.29, 1.82) is 0 Å². The van der Waals surface area contributed by atoms with Gasteiger partial charge in [-0.1, -0.05) is 30.3 Å². The molecule has 1 atom stereocenters. The van der Waals surface area contributed by atoms with E-state index >= 15 is 0 Å². The number of hydrogen-bond donors (Lipinski definition) is 1. The van der Waals surface area contributed by atoms with Gasteiger partial charge in [0, 0.05) is 12.1 Å². The molecule has 0 aliphatic carbocycles. The molecule has 0 saturated heterocycles. The Balaban J connectivity index is 1.60. The van der Waals surface area contributed by atoms with Crippen LogP contribution < -0.4 is 19.5 Å².